The van der Waals surface area contributed by atoms with Crippen molar-refractivity contribution in [3.8, 4) is 11.5 Å². The molecule has 2 N–H and O–H groups in total. The van der Waals surface area contributed by atoms with Crippen LogP contribution in [-0.2, 0) is 0 Å². The molecule has 1 aromatic carbocycles. The first kappa shape index (κ1) is 13.5. The Hall–Kier alpha value is -0.910. The van der Waals surface area contributed by atoms with E-state index >= 15 is 0 Å². The summed E-state index contributed by atoms with van der Waals surface area (Å²) in [5, 5.41) is 13.1. The lowest BCUT2D eigenvalue weighted by atomic mass is 10.1. The number of aliphatic hydroxyl groups is 1. The Morgan fingerprint density at radius 3 is 2.83 bits per heavy atom. The van der Waals surface area contributed by atoms with Crippen molar-refractivity contribution in [1.82, 2.24) is 5.32 Å². The van der Waals surface area contributed by atoms with Crippen molar-refractivity contribution in [1.29, 1.82) is 0 Å². The maximum Gasteiger partial charge on any atom is 0.167 e. The number of rotatable bonds is 6. The molecule has 0 spiro atoms. The monoisotopic (exact) mass is 269 g/mol. The Kier molecular flexibility index (Phi) is 4.74. The second-order valence-corrected chi connectivity index (χ2v) is 5.30. The molecule has 1 heterocycles. The number of para-hydroxylation sites is 1. The molecule has 1 saturated heterocycles. The third-order valence-corrected chi connectivity index (χ3v) is 4.09. The van der Waals surface area contributed by atoms with Gasteiger partial charge in [0.1, 0.15) is 6.10 Å². The lowest BCUT2D eigenvalue weighted by Gasteiger charge is -2.28. The second kappa shape index (κ2) is 6.31. The van der Waals surface area contributed by atoms with Crippen molar-refractivity contribution in [2.24, 2.45) is 0 Å². The van der Waals surface area contributed by atoms with Crippen molar-refractivity contribution >= 4 is 11.8 Å². The Labute approximate surface area is 112 Å². The molecule has 1 unspecified atom stereocenters. The van der Waals surface area contributed by atoms with E-state index in [2.05, 4.69) is 5.32 Å². The Morgan fingerprint density at radius 1 is 1.50 bits per heavy atom. The van der Waals surface area contributed by atoms with E-state index in [4.69, 9.17) is 9.47 Å². The summed E-state index contributed by atoms with van der Waals surface area (Å²) in [6.45, 7) is 0.489. The molecule has 4 nitrogen and oxygen atoms in total. The molecule has 0 aliphatic carbocycles. The molecule has 1 aliphatic rings. The van der Waals surface area contributed by atoms with Gasteiger partial charge in [-0.25, -0.2) is 0 Å². The summed E-state index contributed by atoms with van der Waals surface area (Å²) in [6, 6.07) is 5.61. The molecule has 1 fully saturated rings. The van der Waals surface area contributed by atoms with Gasteiger partial charge in [0.25, 0.3) is 0 Å². The summed E-state index contributed by atoms with van der Waals surface area (Å²) in [7, 11) is 3.43. The number of ether oxygens (including phenoxy) is 2. The molecule has 0 bridgehead atoms. The third kappa shape index (κ3) is 2.91. The van der Waals surface area contributed by atoms with Crippen molar-refractivity contribution in [2.45, 2.75) is 12.2 Å². The number of aliphatic hydroxyl groups excluding tert-OH is 1. The molecular formula is C13H19NO3S. The Morgan fingerprint density at radius 2 is 2.28 bits per heavy atom. The van der Waals surface area contributed by atoms with Gasteiger partial charge in [0, 0.05) is 23.6 Å². The van der Waals surface area contributed by atoms with Crippen molar-refractivity contribution in [3.05, 3.63) is 23.8 Å². The van der Waals surface area contributed by atoms with Gasteiger partial charge in [0.05, 0.1) is 13.2 Å². The summed E-state index contributed by atoms with van der Waals surface area (Å²) in [6.07, 6.45) is -0.361. The molecule has 0 saturated carbocycles. The quantitative estimate of drug-likeness (QED) is 0.818. The van der Waals surface area contributed by atoms with Gasteiger partial charge in [0.15, 0.2) is 11.5 Å². The normalized spacial score (nSPS) is 17.1. The van der Waals surface area contributed by atoms with Gasteiger partial charge < -0.3 is 19.9 Å². The summed E-state index contributed by atoms with van der Waals surface area (Å²) < 4.78 is 11.3. The molecule has 100 valence electrons. The summed E-state index contributed by atoms with van der Waals surface area (Å²) in [5.41, 5.74) is 0.778. The number of thioether (sulfide) groups is 1. The van der Waals surface area contributed by atoms with E-state index in [1.165, 1.54) is 0 Å². The molecule has 1 aliphatic heterocycles. The van der Waals surface area contributed by atoms with Crippen LogP contribution in [-0.4, -0.2) is 43.4 Å². The summed E-state index contributed by atoms with van der Waals surface area (Å²) >= 11 is 1.86. The van der Waals surface area contributed by atoms with E-state index in [9.17, 15) is 5.11 Å². The zero-order valence-corrected chi connectivity index (χ0v) is 11.5. The number of hydrogen-bond donors (Lipinski definition) is 2. The van der Waals surface area contributed by atoms with Crippen LogP contribution >= 0.6 is 11.8 Å². The number of benzene rings is 1. The zero-order chi connectivity index (χ0) is 13.0. The van der Waals surface area contributed by atoms with Gasteiger partial charge in [0.2, 0.25) is 0 Å². The summed E-state index contributed by atoms with van der Waals surface area (Å²) in [5.74, 6) is 3.35. The number of hydrogen-bond acceptors (Lipinski definition) is 5. The average Bonchev–Trinajstić information content (AvgIpc) is 2.33. The van der Waals surface area contributed by atoms with Gasteiger partial charge in [-0.15, -0.1) is 0 Å². The fourth-order valence-corrected chi connectivity index (χ4v) is 2.40. The van der Waals surface area contributed by atoms with Crippen LogP contribution in [0.2, 0.25) is 0 Å². The smallest absolute Gasteiger partial charge is 0.167 e. The maximum atomic E-state index is 10.1. The molecule has 5 heteroatoms. The topological polar surface area (TPSA) is 50.7 Å². The highest BCUT2D eigenvalue weighted by molar-refractivity contribution is 8.00. The first-order chi connectivity index (χ1) is 8.76. The molecule has 0 aromatic heterocycles. The van der Waals surface area contributed by atoms with Crippen LogP contribution in [0.3, 0.4) is 0 Å². The van der Waals surface area contributed by atoms with E-state index in [1.807, 2.05) is 37.0 Å². The highest BCUT2D eigenvalue weighted by Gasteiger charge is 2.24. The predicted octanol–water partition coefficient (Wildman–Crippen LogP) is 1.44. The van der Waals surface area contributed by atoms with E-state index in [0.29, 0.717) is 18.0 Å². The molecule has 1 atom stereocenters. The zero-order valence-electron chi connectivity index (χ0n) is 10.7. The molecular weight excluding hydrogens is 250 g/mol. The van der Waals surface area contributed by atoms with E-state index in [0.717, 1.165) is 17.1 Å². The van der Waals surface area contributed by atoms with Crippen LogP contribution in [0.5, 0.6) is 11.5 Å². The maximum absolute atomic E-state index is 10.1. The van der Waals surface area contributed by atoms with Crippen molar-refractivity contribution in [2.75, 3.05) is 32.2 Å². The first-order valence-electron chi connectivity index (χ1n) is 6.00. The second-order valence-electron chi connectivity index (χ2n) is 4.23. The number of nitrogens with one attached hydrogen (secondary N) is 1. The van der Waals surface area contributed by atoms with Gasteiger partial charge in [-0.3, -0.25) is 0 Å². The molecule has 0 radical (unpaired) electrons. The minimum absolute atomic E-state index is 0.229. The van der Waals surface area contributed by atoms with Crippen LogP contribution in [0.15, 0.2) is 18.2 Å². The fourth-order valence-electron chi connectivity index (χ4n) is 1.83. The van der Waals surface area contributed by atoms with Crippen LogP contribution < -0.4 is 14.8 Å². The highest BCUT2D eigenvalue weighted by atomic mass is 32.2. The molecule has 1 aromatic rings. The van der Waals surface area contributed by atoms with E-state index in [1.54, 1.807) is 7.11 Å². The van der Waals surface area contributed by atoms with Gasteiger partial charge in [-0.05, 0) is 13.1 Å². The van der Waals surface area contributed by atoms with Crippen LogP contribution in [0.4, 0.5) is 0 Å². The lowest BCUT2D eigenvalue weighted by Crippen LogP contribution is -2.32. The fraction of sp³-hybridized carbons (Fsp3) is 0.538. The molecule has 2 rings (SSSR count). The van der Waals surface area contributed by atoms with Crippen molar-refractivity contribution in [3.63, 3.8) is 0 Å². The van der Waals surface area contributed by atoms with Crippen molar-refractivity contribution < 1.29 is 14.6 Å². The average molecular weight is 269 g/mol. The van der Waals surface area contributed by atoms with Gasteiger partial charge in [-0.1, -0.05) is 12.1 Å². The standard InChI is InChI=1S/C13H19NO3S/c1-14-6-11(15)10-4-3-5-12(16-2)13(10)17-9-7-18-8-9/h3-5,9,11,14-15H,6-8H2,1-2H3. The van der Waals surface area contributed by atoms with Crippen LogP contribution in [0.25, 0.3) is 0 Å². The minimum atomic E-state index is -0.590. The SMILES string of the molecule is CNCC(O)c1cccc(OC)c1OC1CSC1. The van der Waals surface area contributed by atoms with E-state index in [-0.39, 0.29) is 6.10 Å². The van der Waals surface area contributed by atoms with Crippen LogP contribution in [0.1, 0.15) is 11.7 Å². The summed E-state index contributed by atoms with van der Waals surface area (Å²) in [4.78, 5) is 0. The van der Waals surface area contributed by atoms with E-state index < -0.39 is 6.10 Å². The minimum Gasteiger partial charge on any atom is -0.493 e. The van der Waals surface area contributed by atoms with Crippen LogP contribution in [0, 0.1) is 0 Å². The Balaban J connectivity index is 2.24. The highest BCUT2D eigenvalue weighted by Crippen LogP contribution is 2.37. The van der Waals surface area contributed by atoms with Gasteiger partial charge in [-0.2, -0.15) is 11.8 Å². The third-order valence-electron chi connectivity index (χ3n) is 2.88. The predicted molar refractivity (Wildman–Crippen MR) is 73.6 cm³/mol. The first-order valence-corrected chi connectivity index (χ1v) is 7.15. The number of likely N-dealkylation sites (N-methyl/N-ethyl adjacent to an activating group) is 1. The molecule has 18 heavy (non-hydrogen) atoms. The Bertz CT molecular complexity index is 396. The largest absolute Gasteiger partial charge is 0.493 e. The number of methoxy groups -OCH3 is 1. The van der Waals surface area contributed by atoms with Gasteiger partial charge >= 0.3 is 0 Å². The lowest BCUT2D eigenvalue weighted by molar-refractivity contribution is 0.162. The molecule has 0 amide bonds.